The van der Waals surface area contributed by atoms with Gasteiger partial charge in [-0.2, -0.15) is 4.31 Å². The quantitative estimate of drug-likeness (QED) is 0.789. The molecule has 25 heavy (non-hydrogen) atoms. The Morgan fingerprint density at radius 3 is 2.36 bits per heavy atom. The summed E-state index contributed by atoms with van der Waals surface area (Å²) >= 11 is 0. The fourth-order valence-electron chi connectivity index (χ4n) is 2.89. The maximum Gasteiger partial charge on any atom is 0.339 e. The third kappa shape index (κ3) is 3.50. The Morgan fingerprint density at radius 2 is 1.72 bits per heavy atom. The SMILES string of the molecule is COC(=O)c1ccccc1S(=O)(=O)N1CC=C(c2ccccc2)CC1. The zero-order valence-electron chi connectivity index (χ0n) is 13.9. The molecule has 0 aromatic heterocycles. The van der Waals surface area contributed by atoms with Gasteiger partial charge in [-0.05, 0) is 29.7 Å². The van der Waals surface area contributed by atoms with Crippen molar-refractivity contribution in [2.75, 3.05) is 20.2 Å². The number of methoxy groups -OCH3 is 1. The lowest BCUT2D eigenvalue weighted by Gasteiger charge is -2.26. The summed E-state index contributed by atoms with van der Waals surface area (Å²) in [6.45, 7) is 0.653. The van der Waals surface area contributed by atoms with Crippen molar-refractivity contribution in [3.63, 3.8) is 0 Å². The maximum atomic E-state index is 13.0. The highest BCUT2D eigenvalue weighted by Gasteiger charge is 2.30. The van der Waals surface area contributed by atoms with E-state index in [4.69, 9.17) is 4.74 Å². The van der Waals surface area contributed by atoms with Gasteiger partial charge >= 0.3 is 5.97 Å². The summed E-state index contributed by atoms with van der Waals surface area (Å²) in [6.07, 6.45) is 2.56. The molecule has 6 heteroatoms. The van der Waals surface area contributed by atoms with Crippen LogP contribution in [0.3, 0.4) is 0 Å². The van der Waals surface area contributed by atoms with Crippen LogP contribution >= 0.6 is 0 Å². The van der Waals surface area contributed by atoms with Crippen molar-refractivity contribution in [1.29, 1.82) is 0 Å². The number of hydrogen-bond acceptors (Lipinski definition) is 4. The van der Waals surface area contributed by atoms with Crippen LogP contribution in [0.4, 0.5) is 0 Å². The highest BCUT2D eigenvalue weighted by Crippen LogP contribution is 2.27. The van der Waals surface area contributed by atoms with Gasteiger partial charge in [-0.15, -0.1) is 0 Å². The first kappa shape index (κ1) is 17.4. The maximum absolute atomic E-state index is 13.0. The number of rotatable bonds is 4. The Kier molecular flexibility index (Phi) is 5.01. The van der Waals surface area contributed by atoms with Crippen molar-refractivity contribution >= 4 is 21.6 Å². The summed E-state index contributed by atoms with van der Waals surface area (Å²) in [5, 5.41) is 0. The normalized spacial score (nSPS) is 15.5. The topological polar surface area (TPSA) is 63.7 Å². The van der Waals surface area contributed by atoms with Gasteiger partial charge in [-0.1, -0.05) is 48.5 Å². The van der Waals surface area contributed by atoms with Crippen molar-refractivity contribution in [3.8, 4) is 0 Å². The van der Waals surface area contributed by atoms with Crippen LogP contribution in [0, 0.1) is 0 Å². The average molecular weight is 357 g/mol. The van der Waals surface area contributed by atoms with Crippen molar-refractivity contribution in [2.45, 2.75) is 11.3 Å². The number of carbonyl (C=O) groups is 1. The first-order chi connectivity index (χ1) is 12.0. The van der Waals surface area contributed by atoms with Crippen LogP contribution in [-0.4, -0.2) is 38.9 Å². The van der Waals surface area contributed by atoms with Crippen LogP contribution in [0.15, 0.2) is 65.6 Å². The van der Waals surface area contributed by atoms with E-state index < -0.39 is 16.0 Å². The minimum atomic E-state index is -3.77. The molecule has 0 saturated heterocycles. The third-order valence-corrected chi connectivity index (χ3v) is 6.15. The molecule has 0 saturated carbocycles. The smallest absolute Gasteiger partial charge is 0.339 e. The van der Waals surface area contributed by atoms with Crippen LogP contribution in [0.5, 0.6) is 0 Å². The molecular formula is C19H19NO4S. The first-order valence-electron chi connectivity index (χ1n) is 7.96. The summed E-state index contributed by atoms with van der Waals surface area (Å²) < 4.78 is 32.0. The zero-order valence-corrected chi connectivity index (χ0v) is 14.7. The summed E-state index contributed by atoms with van der Waals surface area (Å²) in [5.74, 6) is -0.656. The monoisotopic (exact) mass is 357 g/mol. The molecule has 0 fully saturated rings. The lowest BCUT2D eigenvalue weighted by Crippen LogP contribution is -2.35. The van der Waals surface area contributed by atoms with Gasteiger partial charge in [0.05, 0.1) is 17.6 Å². The number of benzene rings is 2. The van der Waals surface area contributed by atoms with Gasteiger partial charge in [0, 0.05) is 13.1 Å². The molecule has 0 N–H and O–H groups in total. The largest absolute Gasteiger partial charge is 0.465 e. The van der Waals surface area contributed by atoms with Crippen LogP contribution in [0.2, 0.25) is 0 Å². The molecule has 2 aromatic rings. The second-order valence-corrected chi connectivity index (χ2v) is 7.60. The van der Waals surface area contributed by atoms with E-state index in [1.807, 2.05) is 36.4 Å². The number of carbonyl (C=O) groups excluding carboxylic acids is 1. The van der Waals surface area contributed by atoms with Gasteiger partial charge in [0.2, 0.25) is 10.0 Å². The summed E-state index contributed by atoms with van der Waals surface area (Å²) in [7, 11) is -2.53. The Balaban J connectivity index is 1.88. The fraction of sp³-hybridized carbons (Fsp3) is 0.211. The summed E-state index contributed by atoms with van der Waals surface area (Å²) in [6, 6.07) is 16.0. The van der Waals surface area contributed by atoms with Gasteiger partial charge in [0.15, 0.2) is 0 Å². The predicted octanol–water partition coefficient (Wildman–Crippen LogP) is 2.95. The molecular weight excluding hydrogens is 338 g/mol. The van der Waals surface area contributed by atoms with E-state index in [-0.39, 0.29) is 17.0 Å². The third-order valence-electron chi connectivity index (χ3n) is 4.23. The molecule has 130 valence electrons. The van der Waals surface area contributed by atoms with Crippen LogP contribution in [-0.2, 0) is 14.8 Å². The van der Waals surface area contributed by atoms with Crippen molar-refractivity contribution in [1.82, 2.24) is 4.31 Å². The molecule has 0 unspecified atom stereocenters. The van der Waals surface area contributed by atoms with E-state index in [1.54, 1.807) is 12.1 Å². The number of ether oxygens (including phenoxy) is 1. The van der Waals surface area contributed by atoms with Crippen molar-refractivity contribution < 1.29 is 17.9 Å². The Morgan fingerprint density at radius 1 is 1.04 bits per heavy atom. The molecule has 1 heterocycles. The molecule has 0 radical (unpaired) electrons. The first-order valence-corrected chi connectivity index (χ1v) is 9.40. The summed E-state index contributed by atoms with van der Waals surface area (Å²) in [5.41, 5.74) is 2.30. The Hall–Kier alpha value is -2.44. The Labute approximate surface area is 147 Å². The molecule has 0 bridgehead atoms. The lowest BCUT2D eigenvalue weighted by molar-refractivity contribution is 0.0596. The molecule has 5 nitrogen and oxygen atoms in total. The number of sulfonamides is 1. The van der Waals surface area contributed by atoms with E-state index in [0.29, 0.717) is 13.0 Å². The minimum absolute atomic E-state index is 0.0154. The van der Waals surface area contributed by atoms with Gasteiger partial charge in [-0.3, -0.25) is 0 Å². The minimum Gasteiger partial charge on any atom is -0.465 e. The standard InChI is InChI=1S/C19H19NO4S/c1-24-19(21)17-9-5-6-10-18(17)25(22,23)20-13-11-16(12-14-20)15-7-3-2-4-8-15/h2-11H,12-14H2,1H3. The van der Waals surface area contributed by atoms with E-state index in [1.165, 1.54) is 23.5 Å². The van der Waals surface area contributed by atoms with Gasteiger partial charge in [0.25, 0.3) is 0 Å². The van der Waals surface area contributed by atoms with Crippen LogP contribution < -0.4 is 0 Å². The lowest BCUT2D eigenvalue weighted by atomic mass is 10.0. The molecule has 2 aromatic carbocycles. The van der Waals surface area contributed by atoms with Gasteiger partial charge in [-0.25, -0.2) is 13.2 Å². The molecule has 0 amide bonds. The molecule has 3 rings (SSSR count). The Bertz CT molecular complexity index is 904. The van der Waals surface area contributed by atoms with Crippen LogP contribution in [0.25, 0.3) is 5.57 Å². The molecule has 1 aliphatic heterocycles. The van der Waals surface area contributed by atoms with E-state index in [0.717, 1.165) is 11.1 Å². The fourth-order valence-corrected chi connectivity index (χ4v) is 4.45. The van der Waals surface area contributed by atoms with Crippen molar-refractivity contribution in [2.24, 2.45) is 0 Å². The summed E-state index contributed by atoms with van der Waals surface area (Å²) in [4.78, 5) is 11.9. The van der Waals surface area contributed by atoms with Crippen LogP contribution in [0.1, 0.15) is 22.3 Å². The van der Waals surface area contributed by atoms with E-state index in [2.05, 4.69) is 0 Å². The number of hydrogen-bond donors (Lipinski definition) is 0. The zero-order chi connectivity index (χ0) is 17.9. The van der Waals surface area contributed by atoms with E-state index >= 15 is 0 Å². The molecule has 1 aliphatic rings. The second-order valence-electron chi connectivity index (χ2n) is 5.70. The average Bonchev–Trinajstić information content (AvgIpc) is 2.68. The highest BCUT2D eigenvalue weighted by atomic mass is 32.2. The second kappa shape index (κ2) is 7.21. The van der Waals surface area contributed by atoms with Gasteiger partial charge < -0.3 is 4.74 Å². The molecule has 0 aliphatic carbocycles. The van der Waals surface area contributed by atoms with Gasteiger partial charge in [0.1, 0.15) is 0 Å². The predicted molar refractivity (Wildman–Crippen MR) is 95.6 cm³/mol. The number of nitrogens with zero attached hydrogens (tertiary/aromatic N) is 1. The number of esters is 1. The molecule has 0 spiro atoms. The van der Waals surface area contributed by atoms with Crippen molar-refractivity contribution in [3.05, 3.63) is 71.8 Å². The van der Waals surface area contributed by atoms with E-state index in [9.17, 15) is 13.2 Å². The molecule has 0 atom stereocenters. The highest BCUT2D eigenvalue weighted by molar-refractivity contribution is 7.89.